The predicted octanol–water partition coefficient (Wildman–Crippen LogP) is 2.90. The van der Waals surface area contributed by atoms with Crippen LogP contribution in [0.1, 0.15) is 17.2 Å². The Kier molecular flexibility index (Phi) is 5.88. The van der Waals surface area contributed by atoms with Crippen molar-refractivity contribution in [3.05, 3.63) is 69.9 Å². The molecule has 0 bridgehead atoms. The number of anilines is 1. The van der Waals surface area contributed by atoms with E-state index < -0.39 is 28.5 Å². The molecule has 0 aromatic heterocycles. The second-order valence-electron chi connectivity index (χ2n) is 6.75. The van der Waals surface area contributed by atoms with Gasteiger partial charge in [0.1, 0.15) is 5.92 Å². The maximum atomic E-state index is 13.1. The van der Waals surface area contributed by atoms with E-state index in [1.807, 2.05) is 13.0 Å². The number of carbonyl (C=O) groups excluding carboxylic acids is 1. The van der Waals surface area contributed by atoms with Crippen LogP contribution in [0.3, 0.4) is 0 Å². The number of nitrogens with one attached hydrogen (secondary N) is 3. The molecule has 9 nitrogen and oxygen atoms in total. The Morgan fingerprint density at radius 1 is 1.37 bits per heavy atom. The van der Waals surface area contributed by atoms with Crippen LogP contribution in [0.25, 0.3) is 0 Å². The minimum Gasteiger partial charge on any atom is -0.504 e. The zero-order valence-electron chi connectivity index (χ0n) is 16.3. The molecule has 4 N–H and O–H groups in total. The minimum absolute atomic E-state index is 0.129. The Labute approximate surface area is 177 Å². The summed E-state index contributed by atoms with van der Waals surface area (Å²) in [5.74, 6) is -2.05. The summed E-state index contributed by atoms with van der Waals surface area (Å²) in [6.45, 7) is 5.78. The van der Waals surface area contributed by atoms with E-state index in [2.05, 4.69) is 22.5 Å². The second-order valence-corrected chi connectivity index (χ2v) is 7.16. The fourth-order valence-electron chi connectivity index (χ4n) is 3.41. The summed E-state index contributed by atoms with van der Waals surface area (Å²) in [6, 6.07) is 8.96. The molecule has 0 unspecified atom stereocenters. The summed E-state index contributed by atoms with van der Waals surface area (Å²) in [5.41, 5.74) is 1.50. The molecule has 0 aliphatic carbocycles. The number of carbonyl (C=O) groups is 1. The van der Waals surface area contributed by atoms with E-state index in [1.54, 1.807) is 18.2 Å². The Morgan fingerprint density at radius 3 is 2.73 bits per heavy atom. The molecule has 10 heteroatoms. The van der Waals surface area contributed by atoms with Gasteiger partial charge in [-0.25, -0.2) is 0 Å². The van der Waals surface area contributed by atoms with Gasteiger partial charge in [-0.2, -0.15) is 0 Å². The lowest BCUT2D eigenvalue weighted by molar-refractivity contribution is -0.386. The summed E-state index contributed by atoms with van der Waals surface area (Å²) in [4.78, 5) is 24.2. The van der Waals surface area contributed by atoms with Crippen molar-refractivity contribution in [2.45, 2.75) is 13.0 Å². The van der Waals surface area contributed by atoms with Crippen molar-refractivity contribution in [3.8, 4) is 11.5 Å². The van der Waals surface area contributed by atoms with Gasteiger partial charge in [0, 0.05) is 11.4 Å². The summed E-state index contributed by atoms with van der Waals surface area (Å²) in [7, 11) is 1.22. The van der Waals surface area contributed by atoms with Crippen LogP contribution in [0.5, 0.6) is 11.5 Å². The van der Waals surface area contributed by atoms with Crippen molar-refractivity contribution >= 4 is 34.6 Å². The first-order chi connectivity index (χ1) is 14.2. The zero-order valence-corrected chi connectivity index (χ0v) is 17.1. The number of aryl methyl sites for hydroxylation is 1. The number of hydrogen-bond donors (Lipinski definition) is 4. The predicted molar refractivity (Wildman–Crippen MR) is 115 cm³/mol. The zero-order chi connectivity index (χ0) is 22.0. The van der Waals surface area contributed by atoms with Crippen LogP contribution in [0.4, 0.5) is 11.4 Å². The van der Waals surface area contributed by atoms with E-state index in [4.69, 9.17) is 17.0 Å². The van der Waals surface area contributed by atoms with E-state index >= 15 is 0 Å². The van der Waals surface area contributed by atoms with Gasteiger partial charge in [0.2, 0.25) is 11.7 Å². The first-order valence-electron chi connectivity index (χ1n) is 8.91. The van der Waals surface area contributed by atoms with Crippen molar-refractivity contribution in [1.29, 1.82) is 0 Å². The van der Waals surface area contributed by atoms with Crippen LogP contribution in [0.2, 0.25) is 0 Å². The number of rotatable bonds is 5. The Balaban J connectivity index is 2.07. The maximum Gasteiger partial charge on any atom is 0.320 e. The van der Waals surface area contributed by atoms with Crippen LogP contribution < -0.4 is 20.7 Å². The number of phenols is 1. The van der Waals surface area contributed by atoms with Gasteiger partial charge in [0.25, 0.3) is 0 Å². The van der Waals surface area contributed by atoms with E-state index in [-0.39, 0.29) is 27.9 Å². The van der Waals surface area contributed by atoms with E-state index in [1.165, 1.54) is 19.2 Å². The van der Waals surface area contributed by atoms with Crippen molar-refractivity contribution in [2.24, 2.45) is 5.92 Å². The van der Waals surface area contributed by atoms with Gasteiger partial charge in [0.15, 0.2) is 10.9 Å². The summed E-state index contributed by atoms with van der Waals surface area (Å²) < 4.78 is 5.04. The molecule has 1 aliphatic rings. The third-order valence-electron chi connectivity index (χ3n) is 4.70. The number of ether oxygens (including phenoxy) is 1. The lowest BCUT2D eigenvalue weighted by atomic mass is 9.87. The average Bonchev–Trinajstić information content (AvgIpc) is 2.66. The number of benzene rings is 2. The highest BCUT2D eigenvalue weighted by Gasteiger charge is 2.41. The Morgan fingerprint density at radius 2 is 2.10 bits per heavy atom. The van der Waals surface area contributed by atoms with Gasteiger partial charge in [0.05, 0.1) is 23.6 Å². The van der Waals surface area contributed by atoms with Crippen LogP contribution in [-0.2, 0) is 4.79 Å². The molecular weight excluding hydrogens is 408 g/mol. The highest BCUT2D eigenvalue weighted by atomic mass is 32.1. The molecule has 30 heavy (non-hydrogen) atoms. The third-order valence-corrected chi connectivity index (χ3v) is 4.92. The van der Waals surface area contributed by atoms with Crippen molar-refractivity contribution in [1.82, 2.24) is 10.6 Å². The van der Waals surface area contributed by atoms with Crippen LogP contribution in [0, 0.1) is 23.0 Å². The average molecular weight is 428 g/mol. The van der Waals surface area contributed by atoms with Gasteiger partial charge >= 0.3 is 5.69 Å². The SMILES string of the molecule is C=C1NC(=S)N[C@@H](c2ccc(O)c(OC)c2[N+](=O)[O-])[C@H]1C(=O)Nc1cccc(C)c1. The lowest BCUT2D eigenvalue weighted by Crippen LogP contribution is -2.51. The van der Waals surface area contributed by atoms with Gasteiger partial charge in [-0.05, 0) is 49.0 Å². The first-order valence-corrected chi connectivity index (χ1v) is 9.31. The van der Waals surface area contributed by atoms with Crippen LogP contribution >= 0.6 is 12.2 Å². The summed E-state index contributed by atoms with van der Waals surface area (Å²) in [5, 5.41) is 30.5. The molecule has 156 valence electrons. The van der Waals surface area contributed by atoms with E-state index in [9.17, 15) is 20.0 Å². The van der Waals surface area contributed by atoms with Crippen molar-refractivity contribution < 1.29 is 19.6 Å². The number of nitrogens with zero attached hydrogens (tertiary/aromatic N) is 1. The topological polar surface area (TPSA) is 126 Å². The number of thiocarbonyl (C=S) groups is 1. The normalized spacial score (nSPS) is 18.2. The maximum absolute atomic E-state index is 13.1. The number of methoxy groups -OCH3 is 1. The monoisotopic (exact) mass is 428 g/mol. The van der Waals surface area contributed by atoms with Crippen LogP contribution in [-0.4, -0.2) is 28.2 Å². The number of aromatic hydroxyl groups is 1. The molecule has 1 aliphatic heterocycles. The molecular formula is C20H20N4O5S. The molecule has 3 rings (SSSR count). The molecule has 0 radical (unpaired) electrons. The lowest BCUT2D eigenvalue weighted by Gasteiger charge is -2.35. The fourth-order valence-corrected chi connectivity index (χ4v) is 3.67. The molecule has 1 amide bonds. The highest BCUT2D eigenvalue weighted by molar-refractivity contribution is 7.80. The van der Waals surface area contributed by atoms with E-state index in [0.29, 0.717) is 5.69 Å². The largest absolute Gasteiger partial charge is 0.504 e. The molecule has 2 aromatic carbocycles. The quantitative estimate of drug-likeness (QED) is 0.325. The number of amides is 1. The van der Waals surface area contributed by atoms with Gasteiger partial charge < -0.3 is 25.8 Å². The third kappa shape index (κ3) is 4.03. The standard InChI is InChI=1S/C20H20N4O5S/c1-10-5-4-6-12(9-10)22-19(26)15-11(2)21-20(30)23-16(15)13-7-8-14(25)18(29-3)17(13)24(27)28/h4-9,15-16,25H,2H2,1,3H3,(H,22,26)(H2,21,23,30)/t15-,16-/m0/s1. The number of nitro groups is 1. The van der Waals surface area contributed by atoms with Crippen molar-refractivity contribution in [2.75, 3.05) is 12.4 Å². The molecule has 2 aromatic rings. The fraction of sp³-hybridized carbons (Fsp3) is 0.200. The van der Waals surface area contributed by atoms with Gasteiger partial charge in [-0.15, -0.1) is 0 Å². The molecule has 2 atom stereocenters. The van der Waals surface area contributed by atoms with Gasteiger partial charge in [-0.3, -0.25) is 14.9 Å². The molecule has 1 heterocycles. The molecule has 0 spiro atoms. The minimum atomic E-state index is -0.940. The van der Waals surface area contributed by atoms with E-state index in [0.717, 1.165) is 5.56 Å². The van der Waals surface area contributed by atoms with Crippen molar-refractivity contribution in [3.63, 3.8) is 0 Å². The van der Waals surface area contributed by atoms with Crippen LogP contribution in [0.15, 0.2) is 48.7 Å². The number of phenolic OH excluding ortho intramolecular Hbond substituents is 1. The molecule has 0 saturated carbocycles. The first kappa shape index (κ1) is 21.1. The summed E-state index contributed by atoms with van der Waals surface area (Å²) in [6.07, 6.45) is 0. The van der Waals surface area contributed by atoms with Gasteiger partial charge in [-0.1, -0.05) is 18.7 Å². The number of nitro benzene ring substituents is 1. The summed E-state index contributed by atoms with van der Waals surface area (Å²) >= 11 is 5.18. The smallest absolute Gasteiger partial charge is 0.320 e. The Hall–Kier alpha value is -3.66. The Bertz CT molecular complexity index is 1060. The highest BCUT2D eigenvalue weighted by Crippen LogP contribution is 2.44. The second kappa shape index (κ2) is 8.37. The molecule has 1 fully saturated rings. The number of hydrogen-bond acceptors (Lipinski definition) is 6. The molecule has 1 saturated heterocycles.